The molecule has 2 atom stereocenters. The highest BCUT2D eigenvalue weighted by molar-refractivity contribution is 6.31. The Kier molecular flexibility index (Phi) is 4.39. The highest BCUT2D eigenvalue weighted by Gasteiger charge is 2.44. The summed E-state index contributed by atoms with van der Waals surface area (Å²) in [7, 11) is 0. The lowest BCUT2D eigenvalue weighted by molar-refractivity contribution is -0.129. The van der Waals surface area contributed by atoms with Crippen LogP contribution in [0.15, 0.2) is 54.7 Å². The number of rotatable bonds is 4. The van der Waals surface area contributed by atoms with Gasteiger partial charge in [-0.2, -0.15) is 0 Å². The Labute approximate surface area is 155 Å². The molecular formula is C20H18ClN3O2. The Bertz CT molecular complexity index is 982. The summed E-state index contributed by atoms with van der Waals surface area (Å²) < 4.78 is 0. The predicted molar refractivity (Wildman–Crippen MR) is 101 cm³/mol. The van der Waals surface area contributed by atoms with Crippen LogP contribution in [0.1, 0.15) is 23.5 Å². The molecule has 1 aliphatic rings. The van der Waals surface area contributed by atoms with Crippen LogP contribution in [0.2, 0.25) is 5.02 Å². The van der Waals surface area contributed by atoms with Crippen molar-refractivity contribution in [3.8, 4) is 0 Å². The molecule has 6 heteroatoms. The topological polar surface area (TPSA) is 74.0 Å². The van der Waals surface area contributed by atoms with Crippen molar-refractivity contribution in [1.82, 2.24) is 15.8 Å². The molecule has 1 fully saturated rings. The molecule has 26 heavy (non-hydrogen) atoms. The summed E-state index contributed by atoms with van der Waals surface area (Å²) in [4.78, 5) is 27.5. The van der Waals surface area contributed by atoms with Crippen LogP contribution in [-0.4, -0.2) is 16.8 Å². The van der Waals surface area contributed by atoms with Crippen molar-refractivity contribution in [2.75, 3.05) is 0 Å². The molecule has 4 rings (SSSR count). The van der Waals surface area contributed by atoms with E-state index in [1.165, 1.54) is 0 Å². The molecule has 132 valence electrons. The number of H-pyrrole nitrogens is 1. The highest BCUT2D eigenvalue weighted by Crippen LogP contribution is 2.49. The van der Waals surface area contributed by atoms with E-state index >= 15 is 0 Å². The van der Waals surface area contributed by atoms with E-state index in [2.05, 4.69) is 15.8 Å². The van der Waals surface area contributed by atoms with Gasteiger partial charge in [0.25, 0.3) is 0 Å². The zero-order chi connectivity index (χ0) is 18.1. The Morgan fingerprint density at radius 3 is 2.69 bits per heavy atom. The molecule has 1 heterocycles. The van der Waals surface area contributed by atoms with Gasteiger partial charge in [0, 0.05) is 28.0 Å². The largest absolute Gasteiger partial charge is 0.361 e. The smallest absolute Gasteiger partial charge is 0.242 e. The zero-order valence-electron chi connectivity index (χ0n) is 14.0. The van der Waals surface area contributed by atoms with Crippen molar-refractivity contribution >= 4 is 34.3 Å². The van der Waals surface area contributed by atoms with Crippen molar-refractivity contribution < 1.29 is 9.59 Å². The third kappa shape index (κ3) is 3.30. The van der Waals surface area contributed by atoms with E-state index in [0.29, 0.717) is 5.02 Å². The quantitative estimate of drug-likeness (QED) is 0.619. The maximum atomic E-state index is 12.2. The number of hydrogen-bond acceptors (Lipinski definition) is 2. The predicted octanol–water partition coefficient (Wildman–Crippen LogP) is 3.31. The first-order chi connectivity index (χ1) is 12.6. The third-order valence-corrected chi connectivity index (χ3v) is 5.13. The molecule has 1 saturated carbocycles. The fraction of sp³-hybridized carbons (Fsp3) is 0.200. The maximum Gasteiger partial charge on any atom is 0.242 e. The van der Waals surface area contributed by atoms with E-state index in [1.807, 2.05) is 54.7 Å². The molecule has 2 unspecified atom stereocenters. The number of hydrazine groups is 1. The van der Waals surface area contributed by atoms with E-state index in [0.717, 1.165) is 28.5 Å². The number of carbonyl (C=O) groups is 2. The van der Waals surface area contributed by atoms with Gasteiger partial charge in [-0.15, -0.1) is 0 Å². The minimum absolute atomic E-state index is 0.120. The van der Waals surface area contributed by atoms with Gasteiger partial charge in [-0.25, -0.2) is 0 Å². The van der Waals surface area contributed by atoms with Crippen molar-refractivity contribution in [3.63, 3.8) is 0 Å². The van der Waals surface area contributed by atoms with Crippen molar-refractivity contribution in [2.45, 2.75) is 18.8 Å². The Hall–Kier alpha value is -2.79. The second kappa shape index (κ2) is 6.84. The number of hydrogen-bond donors (Lipinski definition) is 3. The number of carbonyl (C=O) groups excluding carboxylic acids is 2. The monoisotopic (exact) mass is 367 g/mol. The number of aromatic amines is 1. The summed E-state index contributed by atoms with van der Waals surface area (Å²) in [6.07, 6.45) is 2.76. The van der Waals surface area contributed by atoms with Crippen LogP contribution in [0.4, 0.5) is 0 Å². The number of fused-ring (bicyclic) bond motifs is 1. The Morgan fingerprint density at radius 2 is 1.85 bits per heavy atom. The molecule has 0 aliphatic heterocycles. The maximum absolute atomic E-state index is 12.2. The van der Waals surface area contributed by atoms with Gasteiger partial charge >= 0.3 is 0 Å². The molecule has 2 aromatic carbocycles. The van der Waals surface area contributed by atoms with Gasteiger partial charge in [0.05, 0.1) is 6.42 Å². The van der Waals surface area contributed by atoms with Gasteiger partial charge in [0.2, 0.25) is 11.8 Å². The second-order valence-corrected chi connectivity index (χ2v) is 6.95. The lowest BCUT2D eigenvalue weighted by Crippen LogP contribution is -2.43. The van der Waals surface area contributed by atoms with Gasteiger partial charge in [-0.05, 0) is 35.6 Å². The average molecular weight is 368 g/mol. The van der Waals surface area contributed by atoms with Crippen LogP contribution < -0.4 is 10.9 Å². The van der Waals surface area contributed by atoms with Crippen molar-refractivity contribution in [1.29, 1.82) is 0 Å². The fourth-order valence-corrected chi connectivity index (χ4v) is 3.60. The Balaban J connectivity index is 1.31. The minimum atomic E-state index is -0.252. The van der Waals surface area contributed by atoms with Crippen LogP contribution in [0.25, 0.3) is 10.9 Å². The first-order valence-corrected chi connectivity index (χ1v) is 8.89. The summed E-state index contributed by atoms with van der Waals surface area (Å²) >= 11 is 6.18. The summed E-state index contributed by atoms with van der Waals surface area (Å²) in [5.41, 5.74) is 7.91. The summed E-state index contributed by atoms with van der Waals surface area (Å²) in [5, 5.41) is 1.69. The van der Waals surface area contributed by atoms with Gasteiger partial charge in [0.15, 0.2) is 0 Å². The Morgan fingerprint density at radius 1 is 1.08 bits per heavy atom. The van der Waals surface area contributed by atoms with Crippen LogP contribution in [0.5, 0.6) is 0 Å². The van der Waals surface area contributed by atoms with Crippen molar-refractivity contribution in [2.24, 2.45) is 5.92 Å². The molecule has 0 spiro atoms. The van der Waals surface area contributed by atoms with E-state index in [-0.39, 0.29) is 30.1 Å². The minimum Gasteiger partial charge on any atom is -0.361 e. The lowest BCUT2D eigenvalue weighted by Gasteiger charge is -2.07. The molecule has 0 bridgehead atoms. The molecule has 1 aromatic heterocycles. The van der Waals surface area contributed by atoms with E-state index in [1.54, 1.807) is 0 Å². The molecule has 3 aromatic rings. The van der Waals surface area contributed by atoms with E-state index in [4.69, 9.17) is 11.6 Å². The normalized spacial score (nSPS) is 18.5. The van der Waals surface area contributed by atoms with Gasteiger partial charge < -0.3 is 4.98 Å². The molecule has 2 amide bonds. The number of aromatic nitrogens is 1. The summed E-state index contributed by atoms with van der Waals surface area (Å²) in [6, 6.07) is 15.3. The van der Waals surface area contributed by atoms with E-state index < -0.39 is 0 Å². The van der Waals surface area contributed by atoms with Gasteiger partial charge in [-0.3, -0.25) is 20.4 Å². The molecule has 3 N–H and O–H groups in total. The molecule has 0 radical (unpaired) electrons. The molecular weight excluding hydrogens is 350 g/mol. The van der Waals surface area contributed by atoms with Gasteiger partial charge in [0.1, 0.15) is 0 Å². The van der Waals surface area contributed by atoms with Crippen LogP contribution in [-0.2, 0) is 16.0 Å². The zero-order valence-corrected chi connectivity index (χ0v) is 14.7. The fourth-order valence-electron chi connectivity index (χ4n) is 3.32. The molecule has 0 saturated heterocycles. The molecule has 5 nitrogen and oxygen atoms in total. The van der Waals surface area contributed by atoms with Crippen LogP contribution >= 0.6 is 11.6 Å². The van der Waals surface area contributed by atoms with Crippen LogP contribution in [0.3, 0.4) is 0 Å². The first-order valence-electron chi connectivity index (χ1n) is 8.51. The number of amides is 2. The lowest BCUT2D eigenvalue weighted by atomic mass is 10.1. The van der Waals surface area contributed by atoms with Gasteiger partial charge in [-0.1, -0.05) is 48.0 Å². The van der Waals surface area contributed by atoms with Crippen molar-refractivity contribution in [3.05, 3.63) is 70.9 Å². The van der Waals surface area contributed by atoms with Crippen LogP contribution in [0, 0.1) is 5.92 Å². The average Bonchev–Trinajstić information content (AvgIpc) is 3.35. The SMILES string of the molecule is O=C(Cc1c[nH]c2ccccc12)NNC(=O)C1CC1c1ccccc1Cl. The third-order valence-electron chi connectivity index (χ3n) is 4.78. The number of halogens is 1. The summed E-state index contributed by atoms with van der Waals surface area (Å²) in [5.74, 6) is -0.460. The van der Waals surface area contributed by atoms with E-state index in [9.17, 15) is 9.59 Å². The highest BCUT2D eigenvalue weighted by atomic mass is 35.5. The first kappa shape index (κ1) is 16.7. The number of benzene rings is 2. The second-order valence-electron chi connectivity index (χ2n) is 6.54. The number of nitrogens with one attached hydrogen (secondary N) is 3. The molecule has 1 aliphatic carbocycles. The standard InChI is InChI=1S/C20H18ClN3O2/c21-17-7-3-1-6-14(17)15-10-16(15)20(26)24-23-19(25)9-12-11-22-18-8-4-2-5-13(12)18/h1-8,11,15-16,22H,9-10H2,(H,23,25)(H,24,26). The number of para-hydroxylation sites is 1. The summed E-state index contributed by atoms with van der Waals surface area (Å²) in [6.45, 7) is 0.